The number of rotatable bonds is 1. The highest BCUT2D eigenvalue weighted by Gasteiger charge is 2.47. The first-order chi connectivity index (χ1) is 16.9. The van der Waals surface area contributed by atoms with Gasteiger partial charge in [0.15, 0.2) is 0 Å². The van der Waals surface area contributed by atoms with Crippen LogP contribution in [0.2, 0.25) is 0 Å². The van der Waals surface area contributed by atoms with E-state index in [2.05, 4.69) is 119 Å². The van der Waals surface area contributed by atoms with Crippen LogP contribution in [-0.2, 0) is 0 Å². The molecule has 0 saturated carbocycles. The second kappa shape index (κ2) is 6.55. The second-order valence-electron chi connectivity index (χ2n) is 8.99. The number of benzene rings is 5. The van der Waals surface area contributed by atoms with Crippen LogP contribution in [0.4, 0.5) is 22.7 Å². The van der Waals surface area contributed by atoms with Gasteiger partial charge in [0.05, 0.1) is 11.4 Å². The van der Waals surface area contributed by atoms with Crippen molar-refractivity contribution in [1.29, 1.82) is 0 Å². The van der Waals surface area contributed by atoms with E-state index in [4.69, 9.17) is 4.42 Å². The molecule has 0 aliphatic carbocycles. The lowest BCUT2D eigenvalue weighted by Gasteiger charge is -2.36. The molecule has 4 heteroatoms. The van der Waals surface area contributed by atoms with Gasteiger partial charge in [-0.3, -0.25) is 0 Å². The maximum absolute atomic E-state index is 6.34. The molecule has 0 bridgehead atoms. The van der Waals surface area contributed by atoms with Crippen LogP contribution in [-0.4, -0.2) is 6.98 Å². The topological polar surface area (TPSA) is 19.6 Å². The van der Waals surface area contributed by atoms with E-state index in [0.29, 0.717) is 0 Å². The van der Waals surface area contributed by atoms with Crippen LogP contribution in [0.25, 0.3) is 33.1 Å². The second-order valence-corrected chi connectivity index (χ2v) is 8.99. The minimum Gasteiger partial charge on any atom is -0.456 e. The van der Waals surface area contributed by atoms with Gasteiger partial charge in [-0.25, -0.2) is 0 Å². The lowest BCUT2D eigenvalue weighted by atomic mass is 9.59. The van der Waals surface area contributed by atoms with Crippen LogP contribution in [0.3, 0.4) is 0 Å². The van der Waals surface area contributed by atoms with E-state index < -0.39 is 0 Å². The minimum absolute atomic E-state index is 0.00214. The fraction of sp³-hybridized carbons (Fsp3) is 0. The molecule has 0 spiro atoms. The Morgan fingerprint density at radius 2 is 1.18 bits per heavy atom. The third-order valence-corrected chi connectivity index (χ3v) is 7.21. The molecule has 34 heavy (non-hydrogen) atoms. The highest BCUT2D eigenvalue weighted by atomic mass is 16.3. The van der Waals surface area contributed by atoms with E-state index in [0.717, 1.165) is 16.6 Å². The van der Waals surface area contributed by atoms with Gasteiger partial charge in [-0.05, 0) is 59.6 Å². The van der Waals surface area contributed by atoms with Crippen molar-refractivity contribution in [3.63, 3.8) is 0 Å². The Morgan fingerprint density at radius 3 is 2.03 bits per heavy atom. The Kier molecular flexibility index (Phi) is 3.48. The molecule has 6 aromatic rings. The summed E-state index contributed by atoms with van der Waals surface area (Å²) in [5.41, 5.74) is 10.5. The molecule has 2 aliphatic heterocycles. The lowest BCUT2D eigenvalue weighted by Crippen LogP contribution is -2.55. The number of hydrogen-bond acceptors (Lipinski definition) is 3. The van der Waals surface area contributed by atoms with E-state index in [1.807, 2.05) is 6.07 Å². The Labute approximate surface area is 197 Å². The zero-order chi connectivity index (χ0) is 22.2. The smallest absolute Gasteiger partial charge is 0.421 e. The number of nitrogens with zero attached hydrogens (tertiary/aromatic N) is 2. The molecule has 0 saturated heterocycles. The third kappa shape index (κ3) is 2.27. The number of hydrogen-bond donors (Lipinski definition) is 0. The van der Waals surface area contributed by atoms with E-state index >= 15 is 0 Å². The standard InChI is InChI=1S/C30H19BN2O/c1-2-10-20(11-3-1)32-27-15-7-8-16-28(27)33-26-14-6-4-12-21(26)23-18-24-22-13-5-9-17-29(22)34-30(24)19-25(23)31(32)33/h1-19H. The Morgan fingerprint density at radius 1 is 0.500 bits per heavy atom. The van der Waals surface area contributed by atoms with Crippen molar-refractivity contribution < 1.29 is 4.42 Å². The van der Waals surface area contributed by atoms with Crippen molar-refractivity contribution in [1.82, 2.24) is 0 Å². The molecule has 0 atom stereocenters. The summed E-state index contributed by atoms with van der Waals surface area (Å²) in [4.78, 5) is 4.94. The average molecular weight is 434 g/mol. The Hall–Kier alpha value is -4.44. The normalized spacial score (nSPS) is 13.7. The molecule has 0 unspecified atom stereocenters. The molecule has 5 aromatic carbocycles. The van der Waals surface area contributed by atoms with Gasteiger partial charge in [0.2, 0.25) is 0 Å². The van der Waals surface area contributed by atoms with Crippen LogP contribution < -0.4 is 15.1 Å². The van der Waals surface area contributed by atoms with Gasteiger partial charge in [-0.2, -0.15) is 0 Å². The van der Waals surface area contributed by atoms with Gasteiger partial charge in [0.25, 0.3) is 0 Å². The molecule has 1 aromatic heterocycles. The van der Waals surface area contributed by atoms with Crippen molar-refractivity contribution in [2.24, 2.45) is 0 Å². The van der Waals surface area contributed by atoms with Crippen molar-refractivity contribution >= 4 is 57.1 Å². The Bertz CT molecular complexity index is 1720. The van der Waals surface area contributed by atoms with Gasteiger partial charge in [0.1, 0.15) is 11.2 Å². The van der Waals surface area contributed by atoms with Crippen molar-refractivity contribution in [2.45, 2.75) is 0 Å². The maximum Gasteiger partial charge on any atom is 0.421 e. The maximum atomic E-state index is 6.34. The minimum atomic E-state index is 0.00214. The molecule has 8 rings (SSSR count). The summed E-state index contributed by atoms with van der Waals surface area (Å²) in [6.07, 6.45) is 0. The average Bonchev–Trinajstić information content (AvgIpc) is 3.44. The summed E-state index contributed by atoms with van der Waals surface area (Å²) in [5, 5.41) is 2.33. The van der Waals surface area contributed by atoms with E-state index in [-0.39, 0.29) is 6.98 Å². The molecule has 0 fully saturated rings. The van der Waals surface area contributed by atoms with Crippen molar-refractivity contribution in [3.8, 4) is 11.1 Å². The van der Waals surface area contributed by atoms with Crippen molar-refractivity contribution in [3.05, 3.63) is 115 Å². The van der Waals surface area contributed by atoms with Gasteiger partial charge >= 0.3 is 6.98 Å². The number of fused-ring (bicyclic) bond motifs is 11. The molecule has 3 nitrogen and oxygen atoms in total. The van der Waals surface area contributed by atoms with E-state index in [1.165, 1.54) is 44.7 Å². The van der Waals surface area contributed by atoms with Crippen LogP contribution in [0, 0.1) is 0 Å². The van der Waals surface area contributed by atoms with Crippen molar-refractivity contribution in [2.75, 3.05) is 9.62 Å². The zero-order valence-corrected chi connectivity index (χ0v) is 18.3. The monoisotopic (exact) mass is 434 g/mol. The highest BCUT2D eigenvalue weighted by Crippen LogP contribution is 2.51. The van der Waals surface area contributed by atoms with Gasteiger partial charge in [0, 0.05) is 27.7 Å². The summed E-state index contributed by atoms with van der Waals surface area (Å²) in [6, 6.07) is 41.1. The zero-order valence-electron chi connectivity index (χ0n) is 18.3. The first kappa shape index (κ1) is 18.0. The summed E-state index contributed by atoms with van der Waals surface area (Å²) in [7, 11) is 0. The van der Waals surface area contributed by atoms with Gasteiger partial charge < -0.3 is 14.0 Å². The van der Waals surface area contributed by atoms with E-state index in [1.54, 1.807) is 0 Å². The summed E-state index contributed by atoms with van der Waals surface area (Å²) < 4.78 is 6.34. The molecule has 0 radical (unpaired) electrons. The van der Waals surface area contributed by atoms with E-state index in [9.17, 15) is 0 Å². The summed E-state index contributed by atoms with van der Waals surface area (Å²) in [6.45, 7) is 0.00214. The molecule has 3 heterocycles. The molecule has 0 N–H and O–H groups in total. The van der Waals surface area contributed by atoms with Gasteiger partial charge in [-0.1, -0.05) is 66.7 Å². The molecule has 0 amide bonds. The third-order valence-electron chi connectivity index (χ3n) is 7.21. The first-order valence-corrected chi connectivity index (χ1v) is 11.7. The predicted molar refractivity (Wildman–Crippen MR) is 142 cm³/mol. The first-order valence-electron chi connectivity index (χ1n) is 11.7. The number of para-hydroxylation sites is 5. The van der Waals surface area contributed by atoms with Crippen LogP contribution >= 0.6 is 0 Å². The van der Waals surface area contributed by atoms with Gasteiger partial charge in [-0.15, -0.1) is 0 Å². The van der Waals surface area contributed by atoms with Crippen LogP contribution in [0.15, 0.2) is 120 Å². The summed E-state index contributed by atoms with van der Waals surface area (Å²) in [5.74, 6) is 0. The van der Waals surface area contributed by atoms with Crippen LogP contribution in [0.5, 0.6) is 0 Å². The van der Waals surface area contributed by atoms with Crippen LogP contribution in [0.1, 0.15) is 0 Å². The fourth-order valence-electron chi connectivity index (χ4n) is 5.80. The quantitative estimate of drug-likeness (QED) is 0.254. The fourth-order valence-corrected chi connectivity index (χ4v) is 5.80. The molecule has 158 valence electrons. The predicted octanol–water partition coefficient (Wildman–Crippen LogP) is 7.25. The Balaban J connectivity index is 1.49. The number of anilines is 4. The lowest BCUT2D eigenvalue weighted by molar-refractivity contribution is 0.669. The molecular formula is C30H19BN2O. The number of furan rings is 1. The molecular weight excluding hydrogens is 415 g/mol. The largest absolute Gasteiger partial charge is 0.456 e. The molecule has 2 aliphatic rings. The summed E-state index contributed by atoms with van der Waals surface area (Å²) >= 11 is 0. The SMILES string of the molecule is c1ccc(N2B3c4cc5oc6ccccc6c5cc4-c4ccccc4N3c3ccccc32)cc1. The highest BCUT2D eigenvalue weighted by molar-refractivity contribution is 6.86.